The Labute approximate surface area is 186 Å². The second-order valence-electron chi connectivity index (χ2n) is 7.75. The molecule has 2 aliphatic heterocycles. The molecule has 0 unspecified atom stereocenters. The highest BCUT2D eigenvalue weighted by molar-refractivity contribution is 8.01. The molecule has 4 rings (SSSR count). The molecule has 1 saturated heterocycles. The molecule has 1 atom stereocenters. The smallest absolute Gasteiger partial charge is 0.243 e. The molecule has 1 fully saturated rings. The van der Waals surface area contributed by atoms with Gasteiger partial charge in [0.25, 0.3) is 0 Å². The third kappa shape index (κ3) is 4.78. The van der Waals surface area contributed by atoms with Crippen LogP contribution in [-0.2, 0) is 19.6 Å². The predicted octanol–water partition coefficient (Wildman–Crippen LogP) is 2.72. The molecule has 9 heteroatoms. The Morgan fingerprint density at radius 2 is 1.81 bits per heavy atom. The largest absolute Gasteiger partial charge is 0.341 e. The molecule has 2 aromatic rings. The van der Waals surface area contributed by atoms with Crippen LogP contribution < -0.4 is 5.32 Å². The molecule has 0 aliphatic carbocycles. The number of hydrogen-bond donors (Lipinski definition) is 1. The zero-order valence-corrected chi connectivity index (χ0v) is 18.9. The van der Waals surface area contributed by atoms with E-state index in [1.54, 1.807) is 29.2 Å². The lowest BCUT2D eigenvalue weighted by molar-refractivity contribution is -0.132. The first-order valence-corrected chi connectivity index (χ1v) is 12.6. The van der Waals surface area contributed by atoms with Gasteiger partial charge in [0.05, 0.1) is 15.8 Å². The summed E-state index contributed by atoms with van der Waals surface area (Å²) in [6, 6.07) is 14.3. The quantitative estimate of drug-likeness (QED) is 0.760. The molecule has 0 spiro atoms. The number of sulfonamides is 1. The molecular weight excluding hydrogens is 434 g/mol. The van der Waals surface area contributed by atoms with Crippen molar-refractivity contribution in [3.8, 4) is 0 Å². The summed E-state index contributed by atoms with van der Waals surface area (Å²) in [5.41, 5.74) is 1.77. The van der Waals surface area contributed by atoms with E-state index in [4.69, 9.17) is 0 Å². The maximum atomic E-state index is 13.0. The van der Waals surface area contributed by atoms with Crippen LogP contribution in [0.2, 0.25) is 0 Å². The van der Waals surface area contributed by atoms with E-state index in [0.717, 1.165) is 16.1 Å². The SMILES string of the molecule is Cc1ccc(S(=O)(=O)N2CCCN(C(=O)C[C@H]3Sc4ccccc4NC3=O)CC2)cc1. The zero-order chi connectivity index (χ0) is 22.0. The summed E-state index contributed by atoms with van der Waals surface area (Å²) in [7, 11) is -3.59. The van der Waals surface area contributed by atoms with E-state index in [1.807, 2.05) is 31.2 Å². The van der Waals surface area contributed by atoms with Crippen LogP contribution in [-0.4, -0.2) is 60.9 Å². The molecule has 0 aromatic heterocycles. The maximum Gasteiger partial charge on any atom is 0.243 e. The van der Waals surface area contributed by atoms with Gasteiger partial charge in [0, 0.05) is 37.5 Å². The molecule has 31 heavy (non-hydrogen) atoms. The number of rotatable bonds is 4. The summed E-state index contributed by atoms with van der Waals surface area (Å²) in [6.45, 7) is 3.32. The minimum absolute atomic E-state index is 0.0928. The van der Waals surface area contributed by atoms with Crippen LogP contribution in [0, 0.1) is 6.92 Å². The van der Waals surface area contributed by atoms with Gasteiger partial charge in [-0.25, -0.2) is 8.42 Å². The van der Waals surface area contributed by atoms with E-state index in [2.05, 4.69) is 5.32 Å². The summed E-state index contributed by atoms with van der Waals surface area (Å²) >= 11 is 1.40. The van der Waals surface area contributed by atoms with Gasteiger partial charge in [-0.3, -0.25) is 9.59 Å². The van der Waals surface area contributed by atoms with Crippen LogP contribution in [0.4, 0.5) is 5.69 Å². The van der Waals surface area contributed by atoms with E-state index in [-0.39, 0.29) is 29.7 Å². The number of carbonyl (C=O) groups is 2. The summed E-state index contributed by atoms with van der Waals surface area (Å²) < 4.78 is 27.4. The van der Waals surface area contributed by atoms with Gasteiger partial charge in [-0.2, -0.15) is 4.31 Å². The highest BCUT2D eigenvalue weighted by Crippen LogP contribution is 2.36. The average molecular weight is 460 g/mol. The van der Waals surface area contributed by atoms with Crippen molar-refractivity contribution in [2.75, 3.05) is 31.5 Å². The monoisotopic (exact) mass is 459 g/mol. The Kier molecular flexibility index (Phi) is 6.36. The lowest BCUT2D eigenvalue weighted by Gasteiger charge is -2.26. The van der Waals surface area contributed by atoms with Crippen LogP contribution in [0.15, 0.2) is 58.3 Å². The number of aryl methyl sites for hydroxylation is 1. The standard InChI is InChI=1S/C22H25N3O4S2/c1-16-7-9-17(10-8-16)31(28,29)25-12-4-11-24(13-14-25)21(26)15-20-22(27)23-18-5-2-3-6-19(18)30-20/h2-3,5-10,20H,4,11-15H2,1H3,(H,23,27)/t20-/m1/s1. The molecule has 164 valence electrons. The van der Waals surface area contributed by atoms with Gasteiger partial charge in [0.2, 0.25) is 21.8 Å². The second-order valence-corrected chi connectivity index (χ2v) is 10.9. The lowest BCUT2D eigenvalue weighted by Crippen LogP contribution is -2.40. The molecule has 1 N–H and O–H groups in total. The Bertz CT molecular complexity index is 1090. The Morgan fingerprint density at radius 1 is 1.06 bits per heavy atom. The molecule has 2 heterocycles. The number of carbonyl (C=O) groups excluding carboxylic acids is 2. The van der Waals surface area contributed by atoms with Gasteiger partial charge in [-0.1, -0.05) is 29.8 Å². The van der Waals surface area contributed by atoms with E-state index >= 15 is 0 Å². The van der Waals surface area contributed by atoms with Gasteiger partial charge in [0.1, 0.15) is 0 Å². The fraction of sp³-hybridized carbons (Fsp3) is 0.364. The maximum absolute atomic E-state index is 13.0. The van der Waals surface area contributed by atoms with Crippen molar-refractivity contribution in [1.82, 2.24) is 9.21 Å². The predicted molar refractivity (Wildman–Crippen MR) is 120 cm³/mol. The van der Waals surface area contributed by atoms with Crippen LogP contribution in [0.25, 0.3) is 0 Å². The molecular formula is C22H25N3O4S2. The first kappa shape index (κ1) is 21.9. The highest BCUT2D eigenvalue weighted by atomic mass is 32.2. The lowest BCUT2D eigenvalue weighted by atomic mass is 10.2. The summed E-state index contributed by atoms with van der Waals surface area (Å²) in [5.74, 6) is -0.294. The van der Waals surface area contributed by atoms with Gasteiger partial charge in [-0.05, 0) is 37.6 Å². The van der Waals surface area contributed by atoms with Crippen molar-refractivity contribution in [2.45, 2.75) is 34.8 Å². The second kappa shape index (κ2) is 9.02. The normalized spacial score (nSPS) is 20.0. The fourth-order valence-electron chi connectivity index (χ4n) is 3.76. The third-order valence-corrected chi connectivity index (χ3v) is 8.72. The molecule has 2 aliphatic rings. The Balaban J connectivity index is 1.39. The minimum atomic E-state index is -3.59. The van der Waals surface area contributed by atoms with Gasteiger partial charge < -0.3 is 10.2 Å². The van der Waals surface area contributed by atoms with Gasteiger partial charge in [0.15, 0.2) is 0 Å². The molecule has 2 aromatic carbocycles. The summed E-state index contributed by atoms with van der Waals surface area (Å²) in [5, 5.41) is 2.37. The van der Waals surface area contributed by atoms with Crippen LogP contribution in [0.5, 0.6) is 0 Å². The van der Waals surface area contributed by atoms with E-state index in [9.17, 15) is 18.0 Å². The van der Waals surface area contributed by atoms with E-state index in [0.29, 0.717) is 26.1 Å². The molecule has 0 radical (unpaired) electrons. The number of benzene rings is 2. The number of para-hydroxylation sites is 1. The fourth-order valence-corrected chi connectivity index (χ4v) is 6.33. The first-order chi connectivity index (χ1) is 14.8. The van der Waals surface area contributed by atoms with Gasteiger partial charge >= 0.3 is 0 Å². The first-order valence-electron chi connectivity index (χ1n) is 10.3. The number of amides is 2. The molecule has 7 nitrogen and oxygen atoms in total. The van der Waals surface area contributed by atoms with Crippen LogP contribution in [0.3, 0.4) is 0 Å². The van der Waals surface area contributed by atoms with Crippen LogP contribution in [0.1, 0.15) is 18.4 Å². The van der Waals surface area contributed by atoms with Gasteiger partial charge in [-0.15, -0.1) is 11.8 Å². The number of thioether (sulfide) groups is 1. The molecule has 0 saturated carbocycles. The Hall–Kier alpha value is -2.36. The number of anilines is 1. The van der Waals surface area contributed by atoms with Crippen LogP contribution >= 0.6 is 11.8 Å². The van der Waals surface area contributed by atoms with Crippen molar-refractivity contribution in [3.63, 3.8) is 0 Å². The molecule has 0 bridgehead atoms. The van der Waals surface area contributed by atoms with Crippen molar-refractivity contribution < 1.29 is 18.0 Å². The minimum Gasteiger partial charge on any atom is -0.341 e. The average Bonchev–Trinajstić information content (AvgIpc) is 3.01. The van der Waals surface area contributed by atoms with Crippen molar-refractivity contribution >= 4 is 39.3 Å². The zero-order valence-electron chi connectivity index (χ0n) is 17.3. The summed E-state index contributed by atoms with van der Waals surface area (Å²) in [6.07, 6.45) is 0.652. The number of nitrogens with zero attached hydrogens (tertiary/aromatic N) is 2. The molecule has 2 amide bonds. The van der Waals surface area contributed by atoms with Crippen molar-refractivity contribution in [2.24, 2.45) is 0 Å². The topological polar surface area (TPSA) is 86.8 Å². The Morgan fingerprint density at radius 3 is 2.58 bits per heavy atom. The highest BCUT2D eigenvalue weighted by Gasteiger charge is 2.32. The number of hydrogen-bond acceptors (Lipinski definition) is 5. The number of nitrogens with one attached hydrogen (secondary N) is 1. The number of fused-ring (bicyclic) bond motifs is 1. The summed E-state index contributed by atoms with van der Waals surface area (Å²) in [4.78, 5) is 28.2. The van der Waals surface area contributed by atoms with Crippen molar-refractivity contribution in [3.05, 3.63) is 54.1 Å². The van der Waals surface area contributed by atoms with Crippen molar-refractivity contribution in [1.29, 1.82) is 0 Å². The van der Waals surface area contributed by atoms with E-state index in [1.165, 1.54) is 16.1 Å². The third-order valence-electron chi connectivity index (χ3n) is 5.53. The van der Waals surface area contributed by atoms with E-state index < -0.39 is 15.3 Å².